The number of carbonyl (C=O) groups is 1. The maximum atomic E-state index is 10.9. The maximum absolute atomic E-state index is 10.9. The highest BCUT2D eigenvalue weighted by Gasteiger charge is 2.17. The molecule has 0 spiro atoms. The van der Waals surface area contributed by atoms with Crippen LogP contribution in [0.3, 0.4) is 0 Å². The summed E-state index contributed by atoms with van der Waals surface area (Å²) in [6, 6.07) is 0. The van der Waals surface area contributed by atoms with Crippen LogP contribution in [0.5, 0.6) is 0 Å². The van der Waals surface area contributed by atoms with E-state index >= 15 is 0 Å². The second-order valence-corrected chi connectivity index (χ2v) is 4.62. The molecule has 1 heterocycles. The van der Waals surface area contributed by atoms with Crippen molar-refractivity contribution < 1.29 is 4.79 Å². The molecule has 0 unspecified atom stereocenters. The van der Waals surface area contributed by atoms with Gasteiger partial charge in [-0.1, -0.05) is 0 Å². The minimum atomic E-state index is 0.275. The van der Waals surface area contributed by atoms with Crippen molar-refractivity contribution >= 4 is 5.78 Å². The molecule has 15 heavy (non-hydrogen) atoms. The topological polar surface area (TPSA) is 26.8 Å². The lowest BCUT2D eigenvalue weighted by atomic mass is 10.3. The molecule has 1 fully saturated rings. The van der Waals surface area contributed by atoms with Gasteiger partial charge >= 0.3 is 0 Å². The summed E-state index contributed by atoms with van der Waals surface area (Å²) in [5, 5.41) is 0. The maximum Gasteiger partial charge on any atom is 0.143 e. The van der Waals surface area contributed by atoms with E-state index in [2.05, 4.69) is 28.8 Å². The van der Waals surface area contributed by atoms with Crippen molar-refractivity contribution in [2.45, 2.75) is 6.92 Å². The Labute approximate surface area is 92.8 Å². The minimum absolute atomic E-state index is 0.275. The van der Waals surface area contributed by atoms with Gasteiger partial charge in [0.2, 0.25) is 0 Å². The van der Waals surface area contributed by atoms with Gasteiger partial charge in [0, 0.05) is 39.3 Å². The monoisotopic (exact) mass is 213 g/mol. The fraction of sp³-hybridized carbons (Fsp3) is 0.909. The summed E-state index contributed by atoms with van der Waals surface area (Å²) in [4.78, 5) is 17.9. The van der Waals surface area contributed by atoms with Crippen LogP contribution in [-0.4, -0.2) is 80.4 Å². The highest BCUT2D eigenvalue weighted by atomic mass is 16.1. The van der Waals surface area contributed by atoms with Gasteiger partial charge in [-0.25, -0.2) is 0 Å². The van der Waals surface area contributed by atoms with E-state index < -0.39 is 0 Å². The van der Waals surface area contributed by atoms with Crippen molar-refractivity contribution in [3.05, 3.63) is 0 Å². The lowest BCUT2D eigenvalue weighted by molar-refractivity contribution is -0.118. The van der Waals surface area contributed by atoms with E-state index in [9.17, 15) is 4.79 Å². The molecule has 4 heteroatoms. The fourth-order valence-electron chi connectivity index (χ4n) is 1.83. The van der Waals surface area contributed by atoms with Gasteiger partial charge in [-0.2, -0.15) is 0 Å². The molecule has 0 radical (unpaired) electrons. The number of nitrogens with zero attached hydrogens (tertiary/aromatic N) is 3. The molecular weight excluding hydrogens is 190 g/mol. The van der Waals surface area contributed by atoms with Crippen LogP contribution < -0.4 is 0 Å². The first-order valence-electron chi connectivity index (χ1n) is 5.67. The molecule has 0 aliphatic carbocycles. The van der Waals surface area contributed by atoms with E-state index in [1.54, 1.807) is 6.92 Å². The third-order valence-corrected chi connectivity index (χ3v) is 2.77. The molecule has 0 saturated carbocycles. The third-order valence-electron chi connectivity index (χ3n) is 2.77. The van der Waals surface area contributed by atoms with Crippen LogP contribution in [0, 0.1) is 0 Å². The highest BCUT2D eigenvalue weighted by Crippen LogP contribution is 2.01. The Morgan fingerprint density at radius 3 is 2.13 bits per heavy atom. The summed E-state index contributed by atoms with van der Waals surface area (Å²) in [6.45, 7) is 8.82. The molecule has 0 N–H and O–H groups in total. The average Bonchev–Trinajstić information content (AvgIpc) is 2.16. The van der Waals surface area contributed by atoms with Gasteiger partial charge < -0.3 is 4.90 Å². The van der Waals surface area contributed by atoms with Crippen LogP contribution in [-0.2, 0) is 4.79 Å². The van der Waals surface area contributed by atoms with Crippen LogP contribution in [0.25, 0.3) is 0 Å². The molecule has 0 amide bonds. The summed E-state index contributed by atoms with van der Waals surface area (Å²) >= 11 is 0. The first-order valence-corrected chi connectivity index (χ1v) is 5.67. The van der Waals surface area contributed by atoms with Gasteiger partial charge in [0.25, 0.3) is 0 Å². The number of ketones is 1. The number of piperazine rings is 1. The summed E-state index contributed by atoms with van der Waals surface area (Å²) in [6.07, 6.45) is 0. The van der Waals surface area contributed by atoms with Crippen molar-refractivity contribution in [3.8, 4) is 0 Å². The Morgan fingerprint density at radius 2 is 1.67 bits per heavy atom. The van der Waals surface area contributed by atoms with Gasteiger partial charge in [0.15, 0.2) is 0 Å². The van der Waals surface area contributed by atoms with Crippen molar-refractivity contribution in [1.82, 2.24) is 14.7 Å². The van der Waals surface area contributed by atoms with Gasteiger partial charge in [-0.05, 0) is 21.0 Å². The first kappa shape index (κ1) is 12.6. The molecule has 1 saturated heterocycles. The van der Waals surface area contributed by atoms with E-state index in [-0.39, 0.29) is 5.78 Å². The predicted molar refractivity (Wildman–Crippen MR) is 62.1 cm³/mol. The summed E-state index contributed by atoms with van der Waals surface area (Å²) in [7, 11) is 4.21. The molecule has 0 aromatic heterocycles. The Kier molecular flexibility index (Phi) is 5.22. The minimum Gasteiger partial charge on any atom is -0.308 e. The van der Waals surface area contributed by atoms with Gasteiger partial charge in [0.1, 0.15) is 5.78 Å². The lowest BCUT2D eigenvalue weighted by Crippen LogP contribution is -2.49. The van der Waals surface area contributed by atoms with E-state index in [0.29, 0.717) is 6.54 Å². The van der Waals surface area contributed by atoms with Gasteiger partial charge in [-0.3, -0.25) is 14.6 Å². The van der Waals surface area contributed by atoms with Gasteiger partial charge in [0.05, 0.1) is 6.54 Å². The highest BCUT2D eigenvalue weighted by molar-refractivity contribution is 5.77. The smallest absolute Gasteiger partial charge is 0.143 e. The largest absolute Gasteiger partial charge is 0.308 e. The molecule has 0 aromatic rings. The van der Waals surface area contributed by atoms with Crippen LogP contribution >= 0.6 is 0 Å². The molecule has 0 bridgehead atoms. The molecule has 88 valence electrons. The van der Waals surface area contributed by atoms with Crippen molar-refractivity contribution in [2.24, 2.45) is 0 Å². The van der Waals surface area contributed by atoms with E-state index in [1.165, 1.54) is 0 Å². The Morgan fingerprint density at radius 1 is 1.13 bits per heavy atom. The zero-order valence-corrected chi connectivity index (χ0v) is 10.2. The third kappa shape index (κ3) is 5.25. The quantitative estimate of drug-likeness (QED) is 0.629. The van der Waals surface area contributed by atoms with Crippen LogP contribution in [0.2, 0.25) is 0 Å². The second-order valence-electron chi connectivity index (χ2n) is 4.62. The van der Waals surface area contributed by atoms with E-state index in [0.717, 1.165) is 39.3 Å². The second kappa shape index (κ2) is 6.20. The normalized spacial score (nSPS) is 19.7. The zero-order chi connectivity index (χ0) is 11.3. The SMILES string of the molecule is CC(=O)CN1CCN(CCN(C)C)CC1. The van der Waals surface area contributed by atoms with Crippen molar-refractivity contribution in [2.75, 3.05) is 59.9 Å². The standard InChI is InChI=1S/C11H23N3O/c1-11(15)10-14-8-6-13(7-9-14)5-4-12(2)3/h4-10H2,1-3H3. The Bertz CT molecular complexity index is 198. The number of likely N-dealkylation sites (N-methyl/N-ethyl adjacent to an activating group) is 1. The molecule has 4 nitrogen and oxygen atoms in total. The first-order chi connectivity index (χ1) is 7.08. The number of Topliss-reactive ketones (excluding diaryl/α,β-unsaturated/α-hetero) is 1. The predicted octanol–water partition coefficient (Wildman–Crippen LogP) is -0.245. The van der Waals surface area contributed by atoms with E-state index in [1.807, 2.05) is 0 Å². The molecular formula is C11H23N3O. The summed E-state index contributed by atoms with van der Waals surface area (Å²) < 4.78 is 0. The van der Waals surface area contributed by atoms with Crippen molar-refractivity contribution in [1.29, 1.82) is 0 Å². The van der Waals surface area contributed by atoms with Crippen LogP contribution in [0.15, 0.2) is 0 Å². The Balaban J connectivity index is 2.15. The number of rotatable bonds is 5. The molecule has 1 rings (SSSR count). The summed E-state index contributed by atoms with van der Waals surface area (Å²) in [5.41, 5.74) is 0. The van der Waals surface area contributed by atoms with Crippen molar-refractivity contribution in [3.63, 3.8) is 0 Å². The Hall–Kier alpha value is -0.450. The average molecular weight is 213 g/mol. The van der Waals surface area contributed by atoms with E-state index in [4.69, 9.17) is 0 Å². The number of carbonyl (C=O) groups excluding carboxylic acids is 1. The molecule has 1 aliphatic rings. The zero-order valence-electron chi connectivity index (χ0n) is 10.2. The van der Waals surface area contributed by atoms with Crippen LogP contribution in [0.4, 0.5) is 0 Å². The molecule has 0 aromatic carbocycles. The fourth-order valence-corrected chi connectivity index (χ4v) is 1.83. The van der Waals surface area contributed by atoms with Gasteiger partial charge in [-0.15, -0.1) is 0 Å². The lowest BCUT2D eigenvalue weighted by Gasteiger charge is -2.34. The number of hydrogen-bond donors (Lipinski definition) is 0. The molecule has 0 atom stereocenters. The molecule has 1 aliphatic heterocycles. The summed E-state index contributed by atoms with van der Waals surface area (Å²) in [5.74, 6) is 0.275. The number of hydrogen-bond acceptors (Lipinski definition) is 4. The van der Waals surface area contributed by atoms with Crippen LogP contribution in [0.1, 0.15) is 6.92 Å².